The number of ether oxygens (including phenoxy) is 1. The Morgan fingerprint density at radius 2 is 2.03 bits per heavy atom. The van der Waals surface area contributed by atoms with E-state index in [9.17, 15) is 18.0 Å². The van der Waals surface area contributed by atoms with Crippen LogP contribution in [0.25, 0.3) is 0 Å². The number of nitrogens with zero attached hydrogens (tertiary/aromatic N) is 3. The van der Waals surface area contributed by atoms with Crippen LogP contribution in [0.1, 0.15) is 33.2 Å². The molecule has 3 heterocycles. The van der Waals surface area contributed by atoms with Crippen molar-refractivity contribution in [3.05, 3.63) is 58.9 Å². The molecule has 0 saturated carbocycles. The molecule has 4 rings (SSSR count). The molecule has 1 unspecified atom stereocenters. The van der Waals surface area contributed by atoms with Crippen molar-refractivity contribution in [3.63, 3.8) is 0 Å². The van der Waals surface area contributed by atoms with Crippen LogP contribution < -0.4 is 5.32 Å². The van der Waals surface area contributed by atoms with Crippen LogP contribution in [0.4, 0.5) is 18.9 Å². The van der Waals surface area contributed by atoms with Gasteiger partial charge >= 0.3 is 6.18 Å². The van der Waals surface area contributed by atoms with E-state index in [1.54, 1.807) is 25.4 Å². The monoisotopic (exact) mass is 420 g/mol. The van der Waals surface area contributed by atoms with Crippen LogP contribution in [0.5, 0.6) is 0 Å². The zero-order chi connectivity index (χ0) is 21.3. The Labute approximate surface area is 172 Å². The molecule has 1 atom stereocenters. The Balaban J connectivity index is 1.61. The molecule has 1 aromatic carbocycles. The molecule has 1 amide bonds. The average Bonchev–Trinajstić information content (AvgIpc) is 3.01. The molecule has 9 heteroatoms. The first-order valence-electron chi connectivity index (χ1n) is 9.79. The van der Waals surface area contributed by atoms with Crippen LogP contribution in [-0.2, 0) is 11.3 Å². The van der Waals surface area contributed by atoms with Crippen molar-refractivity contribution < 1.29 is 22.7 Å². The van der Waals surface area contributed by atoms with E-state index in [2.05, 4.69) is 15.2 Å². The van der Waals surface area contributed by atoms with Gasteiger partial charge in [-0.15, -0.1) is 0 Å². The smallest absolute Gasteiger partial charge is 0.379 e. The Hall–Kier alpha value is -2.65. The fourth-order valence-corrected chi connectivity index (χ4v) is 4.07. The number of carbonyl (C=O) groups is 1. The fourth-order valence-electron chi connectivity index (χ4n) is 4.07. The Morgan fingerprint density at radius 3 is 2.70 bits per heavy atom. The number of alkyl halides is 3. The summed E-state index contributed by atoms with van der Waals surface area (Å²) in [4.78, 5) is 19.8. The summed E-state index contributed by atoms with van der Waals surface area (Å²) in [5.74, 6) is -0.566. The Bertz CT molecular complexity index is 914. The summed E-state index contributed by atoms with van der Waals surface area (Å²) in [5, 5.41) is 3.49. The molecule has 0 aliphatic carbocycles. The number of hydrogen-bond donors (Lipinski definition) is 1. The maximum atomic E-state index is 12.8. The van der Waals surface area contributed by atoms with Crippen molar-refractivity contribution in [1.82, 2.24) is 14.8 Å². The van der Waals surface area contributed by atoms with Gasteiger partial charge in [-0.3, -0.25) is 14.7 Å². The topological polar surface area (TPSA) is 57.7 Å². The van der Waals surface area contributed by atoms with Gasteiger partial charge in [-0.25, -0.2) is 0 Å². The van der Waals surface area contributed by atoms with Gasteiger partial charge in [0.15, 0.2) is 0 Å². The molecule has 1 saturated heterocycles. The molecule has 0 bridgehead atoms. The summed E-state index contributed by atoms with van der Waals surface area (Å²) in [5.41, 5.74) is 3.38. The lowest BCUT2D eigenvalue weighted by molar-refractivity contribution is -0.140. The van der Waals surface area contributed by atoms with E-state index < -0.39 is 18.6 Å². The predicted molar refractivity (Wildman–Crippen MR) is 105 cm³/mol. The second kappa shape index (κ2) is 8.23. The van der Waals surface area contributed by atoms with E-state index in [1.165, 1.54) is 0 Å². The summed E-state index contributed by atoms with van der Waals surface area (Å²) in [6, 6.07) is 7.44. The molecule has 1 aromatic heterocycles. The number of amides is 1. The first-order chi connectivity index (χ1) is 14.3. The van der Waals surface area contributed by atoms with E-state index in [0.29, 0.717) is 29.9 Å². The normalized spacial score (nSPS) is 18.4. The van der Waals surface area contributed by atoms with Gasteiger partial charge in [-0.2, -0.15) is 13.2 Å². The van der Waals surface area contributed by atoms with Gasteiger partial charge in [0.2, 0.25) is 0 Å². The van der Waals surface area contributed by atoms with E-state index >= 15 is 0 Å². The maximum Gasteiger partial charge on any atom is 0.406 e. The number of carbonyl (C=O) groups excluding carboxylic acids is 1. The van der Waals surface area contributed by atoms with Crippen molar-refractivity contribution in [2.45, 2.75) is 25.8 Å². The van der Waals surface area contributed by atoms with Crippen molar-refractivity contribution in [1.29, 1.82) is 0 Å². The van der Waals surface area contributed by atoms with Crippen LogP contribution >= 0.6 is 0 Å². The SMILES string of the molecule is Cc1cc(NC(c2cccnc2)N2CCOCC2)cc2c1C(=O)N(CC(F)(F)F)C2. The maximum absolute atomic E-state index is 12.8. The summed E-state index contributed by atoms with van der Waals surface area (Å²) < 4.78 is 43.9. The minimum absolute atomic E-state index is 0.0425. The van der Waals surface area contributed by atoms with Crippen LogP contribution in [0.2, 0.25) is 0 Å². The molecule has 0 radical (unpaired) electrons. The summed E-state index contributed by atoms with van der Waals surface area (Å²) in [6.45, 7) is 3.22. The number of anilines is 1. The predicted octanol–water partition coefficient (Wildman–Crippen LogP) is 3.35. The van der Waals surface area contributed by atoms with Crippen LogP contribution in [0.15, 0.2) is 36.7 Å². The molecule has 160 valence electrons. The van der Waals surface area contributed by atoms with Gasteiger partial charge in [0.25, 0.3) is 5.91 Å². The number of hydrogen-bond acceptors (Lipinski definition) is 5. The molecular weight excluding hydrogens is 397 g/mol. The van der Waals surface area contributed by atoms with E-state index in [-0.39, 0.29) is 12.7 Å². The summed E-state index contributed by atoms with van der Waals surface area (Å²) in [7, 11) is 0. The third-order valence-electron chi connectivity index (χ3n) is 5.36. The second-order valence-electron chi connectivity index (χ2n) is 7.59. The third kappa shape index (κ3) is 4.41. The highest BCUT2D eigenvalue weighted by Crippen LogP contribution is 2.33. The van der Waals surface area contributed by atoms with Gasteiger partial charge in [-0.1, -0.05) is 6.07 Å². The highest BCUT2D eigenvalue weighted by atomic mass is 19.4. The van der Waals surface area contributed by atoms with Crippen molar-refractivity contribution in [3.8, 4) is 0 Å². The van der Waals surface area contributed by atoms with Crippen molar-refractivity contribution in [2.75, 3.05) is 38.2 Å². The number of halogens is 3. The minimum atomic E-state index is -4.42. The number of nitrogens with one attached hydrogen (secondary N) is 1. The van der Waals surface area contributed by atoms with E-state index in [1.807, 2.05) is 18.2 Å². The van der Waals surface area contributed by atoms with E-state index in [4.69, 9.17) is 4.74 Å². The molecule has 2 aliphatic heterocycles. The van der Waals surface area contributed by atoms with Gasteiger partial charge < -0.3 is 15.0 Å². The molecule has 0 spiro atoms. The quantitative estimate of drug-likeness (QED) is 0.804. The largest absolute Gasteiger partial charge is 0.406 e. The number of aryl methyl sites for hydroxylation is 1. The first kappa shape index (κ1) is 20.6. The second-order valence-corrected chi connectivity index (χ2v) is 7.59. The van der Waals surface area contributed by atoms with Crippen LogP contribution in [-0.4, -0.2) is 59.7 Å². The van der Waals surface area contributed by atoms with Crippen LogP contribution in [0, 0.1) is 6.92 Å². The molecule has 6 nitrogen and oxygen atoms in total. The number of pyridine rings is 1. The van der Waals surface area contributed by atoms with Gasteiger partial charge in [-0.05, 0) is 36.2 Å². The number of rotatable bonds is 5. The average molecular weight is 420 g/mol. The Morgan fingerprint density at radius 1 is 1.27 bits per heavy atom. The number of morpholine rings is 1. The molecule has 2 aliphatic rings. The number of benzene rings is 1. The number of aromatic nitrogens is 1. The summed E-state index contributed by atoms with van der Waals surface area (Å²) in [6.07, 6.45) is -1.08. The fraction of sp³-hybridized carbons (Fsp3) is 0.429. The molecule has 30 heavy (non-hydrogen) atoms. The molecular formula is C21H23F3N4O2. The molecule has 1 fully saturated rings. The van der Waals surface area contributed by atoms with Crippen molar-refractivity contribution >= 4 is 11.6 Å². The van der Waals surface area contributed by atoms with Crippen LogP contribution in [0.3, 0.4) is 0 Å². The lowest BCUT2D eigenvalue weighted by Crippen LogP contribution is -2.42. The highest BCUT2D eigenvalue weighted by Gasteiger charge is 2.38. The zero-order valence-electron chi connectivity index (χ0n) is 16.6. The van der Waals surface area contributed by atoms with Gasteiger partial charge in [0.1, 0.15) is 12.7 Å². The number of fused-ring (bicyclic) bond motifs is 1. The summed E-state index contributed by atoms with van der Waals surface area (Å²) >= 11 is 0. The minimum Gasteiger partial charge on any atom is -0.379 e. The van der Waals surface area contributed by atoms with Gasteiger partial charge in [0.05, 0.1) is 13.2 Å². The lowest BCUT2D eigenvalue weighted by atomic mass is 10.0. The molecule has 1 N–H and O–H groups in total. The highest BCUT2D eigenvalue weighted by molar-refractivity contribution is 6.00. The lowest BCUT2D eigenvalue weighted by Gasteiger charge is -2.35. The zero-order valence-corrected chi connectivity index (χ0v) is 16.6. The molecule has 2 aromatic rings. The van der Waals surface area contributed by atoms with Crippen molar-refractivity contribution in [2.24, 2.45) is 0 Å². The standard InChI is InChI=1S/C21H23F3N4O2/c1-14-9-17(10-16-12-28(13-21(22,23)24)20(29)18(14)16)26-19(15-3-2-4-25-11-15)27-5-7-30-8-6-27/h2-4,9-11,19,26H,5-8,12-13H2,1H3. The first-order valence-corrected chi connectivity index (χ1v) is 9.79. The van der Waals surface area contributed by atoms with Gasteiger partial charge in [0, 0.05) is 48.8 Å². The van der Waals surface area contributed by atoms with E-state index in [0.717, 1.165) is 29.2 Å². The Kier molecular flexibility index (Phi) is 5.66. The third-order valence-corrected chi connectivity index (χ3v) is 5.36.